The first-order chi connectivity index (χ1) is 5.95. The van der Waals surface area contributed by atoms with Gasteiger partial charge in [-0.1, -0.05) is 0 Å². The molecule has 0 N–H and O–H groups in total. The van der Waals surface area contributed by atoms with Gasteiger partial charge in [-0.2, -0.15) is 18.4 Å². The number of nitrogens with zero attached hydrogens (tertiary/aromatic N) is 3. The molecule has 13 heavy (non-hydrogen) atoms. The summed E-state index contributed by atoms with van der Waals surface area (Å²) in [5, 5.41) is 8.40. The van der Waals surface area contributed by atoms with E-state index in [4.69, 9.17) is 5.26 Å². The van der Waals surface area contributed by atoms with E-state index in [1.54, 1.807) is 28.7 Å². The predicted molar refractivity (Wildman–Crippen MR) is 44.5 cm³/mol. The molecule has 0 aliphatic rings. The number of hydrogen-bond donors (Lipinski definition) is 0. The fourth-order valence-electron chi connectivity index (χ4n) is 0.573. The molecule has 1 aromatic rings. The van der Waals surface area contributed by atoms with Gasteiger partial charge in [-0.15, -0.1) is 0 Å². The van der Waals surface area contributed by atoms with Crippen molar-refractivity contribution in [3.8, 4) is 6.07 Å². The molecule has 0 saturated heterocycles. The summed E-state index contributed by atoms with van der Waals surface area (Å²) < 4.78 is 36.0. The first kappa shape index (κ1) is 10.2. The highest BCUT2D eigenvalue weighted by Crippen LogP contribution is 2.26. The van der Waals surface area contributed by atoms with Crippen LogP contribution in [0.5, 0.6) is 0 Å². The van der Waals surface area contributed by atoms with E-state index in [9.17, 15) is 13.2 Å². The lowest BCUT2D eigenvalue weighted by molar-refractivity contribution is -0.145. The minimum atomic E-state index is -4.56. The van der Waals surface area contributed by atoms with Gasteiger partial charge in [0.1, 0.15) is 15.3 Å². The summed E-state index contributed by atoms with van der Waals surface area (Å²) in [6.07, 6.45) is -3.70. The molecule has 0 aromatic carbocycles. The minimum absolute atomic E-state index is 0.00225. The van der Waals surface area contributed by atoms with E-state index in [2.05, 4.69) is 9.97 Å². The summed E-state index contributed by atoms with van der Waals surface area (Å²) in [5.41, 5.74) is 0.0357. The second-order valence-corrected chi connectivity index (χ2v) is 3.03. The van der Waals surface area contributed by atoms with Crippen LogP contribution in [0, 0.1) is 15.0 Å². The number of rotatable bonds is 0. The van der Waals surface area contributed by atoms with E-state index in [0.29, 0.717) is 0 Å². The Labute approximate surface area is 84.8 Å². The van der Waals surface area contributed by atoms with Crippen molar-refractivity contribution in [1.29, 1.82) is 5.26 Å². The van der Waals surface area contributed by atoms with Gasteiger partial charge in [0.25, 0.3) is 0 Å². The second-order valence-electron chi connectivity index (χ2n) is 2.01. The third-order valence-corrected chi connectivity index (χ3v) is 1.94. The van der Waals surface area contributed by atoms with Crippen molar-refractivity contribution in [1.82, 2.24) is 9.97 Å². The van der Waals surface area contributed by atoms with Crippen molar-refractivity contribution in [2.75, 3.05) is 0 Å². The summed E-state index contributed by atoms with van der Waals surface area (Å²) in [4.78, 5) is 6.16. The predicted octanol–water partition coefficient (Wildman–Crippen LogP) is 1.97. The molecule has 3 nitrogen and oxygen atoms in total. The van der Waals surface area contributed by atoms with E-state index in [0.717, 1.165) is 6.20 Å². The Bertz CT molecular complexity index is 368. The van der Waals surface area contributed by atoms with E-state index in [-0.39, 0.29) is 9.26 Å². The minimum Gasteiger partial charge on any atom is -0.231 e. The van der Waals surface area contributed by atoms with Gasteiger partial charge < -0.3 is 0 Å². The van der Waals surface area contributed by atoms with Crippen LogP contribution in [0.1, 0.15) is 11.4 Å². The number of aromatic nitrogens is 2. The second kappa shape index (κ2) is 3.45. The Morgan fingerprint density at radius 2 is 2.08 bits per heavy atom. The monoisotopic (exact) mass is 299 g/mol. The molecule has 0 unspecified atom stereocenters. The number of nitriles is 1. The van der Waals surface area contributed by atoms with Gasteiger partial charge in [0, 0.05) is 6.20 Å². The van der Waals surface area contributed by atoms with Gasteiger partial charge in [0.15, 0.2) is 0 Å². The highest BCUT2D eigenvalue weighted by Gasteiger charge is 2.34. The summed E-state index contributed by atoms with van der Waals surface area (Å²) in [6, 6.07) is 1.67. The number of alkyl halides is 3. The quantitative estimate of drug-likeness (QED) is 0.543. The van der Waals surface area contributed by atoms with Crippen LogP contribution in [0.25, 0.3) is 0 Å². The van der Waals surface area contributed by atoms with Crippen LogP contribution in [0.15, 0.2) is 6.20 Å². The van der Waals surface area contributed by atoms with Crippen molar-refractivity contribution >= 4 is 22.6 Å². The van der Waals surface area contributed by atoms with Gasteiger partial charge in [0.2, 0.25) is 5.82 Å². The summed E-state index contributed by atoms with van der Waals surface area (Å²) in [5.74, 6) is -1.23. The van der Waals surface area contributed by atoms with Crippen molar-refractivity contribution < 1.29 is 13.2 Å². The molecule has 0 aliphatic heterocycles. The van der Waals surface area contributed by atoms with E-state index < -0.39 is 12.0 Å². The van der Waals surface area contributed by atoms with Gasteiger partial charge in [0.05, 0.1) is 0 Å². The molecule has 0 saturated carbocycles. The first-order valence-corrected chi connectivity index (χ1v) is 4.03. The molecule has 0 amide bonds. The lowest BCUT2D eigenvalue weighted by Crippen LogP contribution is -2.12. The Morgan fingerprint density at radius 1 is 1.46 bits per heavy atom. The Kier molecular flexibility index (Phi) is 2.70. The summed E-state index contributed by atoms with van der Waals surface area (Å²) >= 11 is 1.55. The van der Waals surface area contributed by atoms with E-state index >= 15 is 0 Å². The van der Waals surface area contributed by atoms with Crippen LogP contribution in [-0.2, 0) is 6.18 Å². The zero-order chi connectivity index (χ0) is 10.1. The molecule has 68 valence electrons. The maximum absolute atomic E-state index is 12.0. The number of hydrogen-bond acceptors (Lipinski definition) is 3. The summed E-state index contributed by atoms with van der Waals surface area (Å²) in [6.45, 7) is 0. The fraction of sp³-hybridized carbons (Fsp3) is 0.167. The van der Waals surface area contributed by atoms with Gasteiger partial charge in [-0.3, -0.25) is 0 Å². The average Bonchev–Trinajstić information content (AvgIpc) is 2.02. The van der Waals surface area contributed by atoms with Crippen molar-refractivity contribution in [3.63, 3.8) is 0 Å². The topological polar surface area (TPSA) is 49.6 Å². The van der Waals surface area contributed by atoms with Crippen molar-refractivity contribution in [2.24, 2.45) is 0 Å². The maximum atomic E-state index is 12.0. The Morgan fingerprint density at radius 3 is 2.46 bits per heavy atom. The smallest absolute Gasteiger partial charge is 0.231 e. The van der Waals surface area contributed by atoms with E-state index in [1.807, 2.05) is 0 Å². The highest BCUT2D eigenvalue weighted by atomic mass is 127. The largest absolute Gasteiger partial charge is 0.451 e. The molecule has 1 aromatic heterocycles. The highest BCUT2D eigenvalue weighted by molar-refractivity contribution is 14.1. The molecule has 0 aliphatic carbocycles. The van der Waals surface area contributed by atoms with Crippen LogP contribution in [0.2, 0.25) is 0 Å². The fourth-order valence-corrected chi connectivity index (χ4v) is 1.06. The van der Waals surface area contributed by atoms with Crippen LogP contribution < -0.4 is 0 Å². The van der Waals surface area contributed by atoms with Crippen molar-refractivity contribution in [2.45, 2.75) is 6.18 Å². The van der Waals surface area contributed by atoms with Crippen LogP contribution in [0.4, 0.5) is 13.2 Å². The molecule has 7 heteroatoms. The Hall–Kier alpha value is -0.910. The van der Waals surface area contributed by atoms with Gasteiger partial charge in [-0.25, -0.2) is 9.97 Å². The standard InChI is InChI=1S/C6HF3IN3/c7-6(8,9)5-12-2-3(1-11)4(10)13-5/h2H. The van der Waals surface area contributed by atoms with Crippen molar-refractivity contribution in [3.05, 3.63) is 21.3 Å². The molecule has 0 bridgehead atoms. The third kappa shape index (κ3) is 2.27. The SMILES string of the molecule is N#Cc1cnc(C(F)(F)F)nc1I. The normalized spacial score (nSPS) is 11.0. The molecule has 0 fully saturated rings. The molecule has 1 heterocycles. The lowest BCUT2D eigenvalue weighted by atomic mass is 10.4. The number of halogens is 4. The zero-order valence-electron chi connectivity index (χ0n) is 5.93. The first-order valence-electron chi connectivity index (χ1n) is 2.95. The van der Waals surface area contributed by atoms with Gasteiger partial charge >= 0.3 is 6.18 Å². The van der Waals surface area contributed by atoms with Crippen LogP contribution in [0.3, 0.4) is 0 Å². The maximum Gasteiger partial charge on any atom is 0.451 e. The van der Waals surface area contributed by atoms with Crippen LogP contribution >= 0.6 is 22.6 Å². The molecule has 0 spiro atoms. The third-order valence-electron chi connectivity index (χ3n) is 1.12. The van der Waals surface area contributed by atoms with Crippen LogP contribution in [-0.4, -0.2) is 9.97 Å². The lowest BCUT2D eigenvalue weighted by Gasteiger charge is -2.04. The average molecular weight is 299 g/mol. The molecular formula is C6HF3IN3. The molecule has 1 rings (SSSR count). The molecular weight excluding hydrogens is 298 g/mol. The zero-order valence-corrected chi connectivity index (χ0v) is 8.09. The Balaban J connectivity index is 3.20. The summed E-state index contributed by atoms with van der Waals surface area (Å²) in [7, 11) is 0. The molecule has 0 radical (unpaired) electrons. The molecule has 0 atom stereocenters. The van der Waals surface area contributed by atoms with Gasteiger partial charge in [-0.05, 0) is 22.6 Å². The van der Waals surface area contributed by atoms with E-state index in [1.165, 1.54) is 0 Å².